The number of aryl methyl sites for hydroxylation is 1. The predicted molar refractivity (Wildman–Crippen MR) is 67.3 cm³/mol. The summed E-state index contributed by atoms with van der Waals surface area (Å²) in [6, 6.07) is 5.19. The van der Waals surface area contributed by atoms with Crippen molar-refractivity contribution < 1.29 is 18.3 Å². The Morgan fingerprint density at radius 1 is 1.20 bits per heavy atom. The molecule has 0 aliphatic heterocycles. The number of aliphatic hydroxyl groups excluding tert-OH is 1. The minimum absolute atomic E-state index is 0.0796. The number of aliphatic hydroxyl groups is 1. The molecule has 2 aromatic heterocycles. The smallest absolute Gasteiger partial charge is 0.382 e. The van der Waals surface area contributed by atoms with Crippen LogP contribution in [-0.4, -0.2) is 15.1 Å². The molecule has 0 fully saturated rings. The molecule has 0 aliphatic rings. The molecule has 3 nitrogen and oxygen atoms in total. The molecule has 0 spiro atoms. The minimum Gasteiger partial charge on any atom is -0.382 e. The van der Waals surface area contributed by atoms with Gasteiger partial charge in [-0.3, -0.25) is 4.98 Å². The summed E-state index contributed by atoms with van der Waals surface area (Å²) in [5.74, 6) is 0. The first-order valence-electron chi connectivity index (χ1n) is 5.63. The number of alkyl halides is 3. The summed E-state index contributed by atoms with van der Waals surface area (Å²) < 4.78 is 37.4. The molecular formula is C13H10ClF3N2O. The summed E-state index contributed by atoms with van der Waals surface area (Å²) in [5.41, 5.74) is 0.169. The maximum Gasteiger partial charge on any atom is 0.433 e. The zero-order chi connectivity index (χ0) is 14.9. The number of pyridine rings is 2. The topological polar surface area (TPSA) is 46.0 Å². The van der Waals surface area contributed by atoms with Crippen molar-refractivity contribution in [3.63, 3.8) is 0 Å². The highest BCUT2D eigenvalue weighted by molar-refractivity contribution is 6.30. The Morgan fingerprint density at radius 2 is 1.90 bits per heavy atom. The van der Waals surface area contributed by atoms with Crippen LogP contribution in [0.25, 0.3) is 0 Å². The van der Waals surface area contributed by atoms with E-state index in [-0.39, 0.29) is 5.56 Å². The molecule has 0 aromatic carbocycles. The van der Waals surface area contributed by atoms with Crippen LogP contribution in [-0.2, 0) is 6.18 Å². The Hall–Kier alpha value is -1.66. The first-order valence-corrected chi connectivity index (χ1v) is 6.01. The van der Waals surface area contributed by atoms with E-state index >= 15 is 0 Å². The average Bonchev–Trinajstić information content (AvgIpc) is 2.37. The van der Waals surface area contributed by atoms with Crippen molar-refractivity contribution in [2.75, 3.05) is 0 Å². The summed E-state index contributed by atoms with van der Waals surface area (Å²) in [5, 5.41) is 9.70. The molecule has 0 amide bonds. The number of hydrogen-bond donors (Lipinski definition) is 1. The normalized spacial score (nSPS) is 13.3. The van der Waals surface area contributed by atoms with E-state index in [0.717, 1.165) is 17.7 Å². The predicted octanol–water partition coefficient (Wildman–Crippen LogP) is 3.54. The van der Waals surface area contributed by atoms with Gasteiger partial charge in [0.05, 0.1) is 5.69 Å². The lowest BCUT2D eigenvalue weighted by molar-refractivity contribution is -0.141. The zero-order valence-electron chi connectivity index (χ0n) is 10.3. The van der Waals surface area contributed by atoms with Crippen molar-refractivity contribution in [2.24, 2.45) is 0 Å². The van der Waals surface area contributed by atoms with Gasteiger partial charge in [-0.15, -0.1) is 0 Å². The summed E-state index contributed by atoms with van der Waals surface area (Å²) in [6.45, 7) is 1.83. The van der Waals surface area contributed by atoms with E-state index in [1.807, 2.05) is 6.92 Å². The largest absolute Gasteiger partial charge is 0.433 e. The van der Waals surface area contributed by atoms with E-state index in [0.29, 0.717) is 5.69 Å². The quantitative estimate of drug-likeness (QED) is 0.863. The van der Waals surface area contributed by atoms with Gasteiger partial charge in [-0.1, -0.05) is 23.7 Å². The fourth-order valence-electron chi connectivity index (χ4n) is 1.61. The van der Waals surface area contributed by atoms with Crippen molar-refractivity contribution in [3.8, 4) is 0 Å². The van der Waals surface area contributed by atoms with Gasteiger partial charge >= 0.3 is 6.18 Å². The van der Waals surface area contributed by atoms with Crippen LogP contribution >= 0.6 is 11.6 Å². The minimum atomic E-state index is -4.57. The zero-order valence-corrected chi connectivity index (χ0v) is 11.1. The third-order valence-electron chi connectivity index (χ3n) is 2.68. The molecular weight excluding hydrogens is 293 g/mol. The lowest BCUT2D eigenvalue weighted by Gasteiger charge is -2.13. The summed E-state index contributed by atoms with van der Waals surface area (Å²) >= 11 is 5.71. The standard InChI is InChI=1S/C13H10ClF3N2O/c1-7-2-4-9(18-6-7)11(20)8-3-5-10(13(15,16)17)19-12(8)14/h2-6,11,20H,1H3. The van der Waals surface area contributed by atoms with E-state index < -0.39 is 23.1 Å². The van der Waals surface area contributed by atoms with Crippen LogP contribution in [0.3, 0.4) is 0 Å². The second-order valence-electron chi connectivity index (χ2n) is 4.24. The van der Waals surface area contributed by atoms with Crippen LogP contribution in [0.5, 0.6) is 0 Å². The van der Waals surface area contributed by atoms with Crippen molar-refractivity contribution in [3.05, 3.63) is 58.1 Å². The third-order valence-corrected chi connectivity index (χ3v) is 2.98. The van der Waals surface area contributed by atoms with E-state index in [1.165, 1.54) is 0 Å². The summed E-state index contributed by atoms with van der Waals surface area (Å²) in [7, 11) is 0. The lowest BCUT2D eigenvalue weighted by Crippen LogP contribution is -2.10. The molecule has 106 valence electrons. The molecule has 2 heterocycles. The third kappa shape index (κ3) is 3.08. The van der Waals surface area contributed by atoms with Crippen molar-refractivity contribution >= 4 is 11.6 Å². The van der Waals surface area contributed by atoms with Crippen LogP contribution in [0.15, 0.2) is 30.5 Å². The molecule has 0 aliphatic carbocycles. The lowest BCUT2D eigenvalue weighted by atomic mass is 10.1. The van der Waals surface area contributed by atoms with Crippen molar-refractivity contribution in [2.45, 2.75) is 19.2 Å². The molecule has 0 saturated heterocycles. The Kier molecular flexibility index (Phi) is 3.96. The molecule has 1 N–H and O–H groups in total. The number of nitrogens with zero attached hydrogens (tertiary/aromatic N) is 2. The Labute approximate surface area is 118 Å². The molecule has 2 rings (SSSR count). The Balaban J connectivity index is 2.36. The van der Waals surface area contributed by atoms with Crippen LogP contribution in [0.2, 0.25) is 5.15 Å². The number of rotatable bonds is 2. The van der Waals surface area contributed by atoms with Crippen LogP contribution in [0, 0.1) is 6.92 Å². The van der Waals surface area contributed by atoms with Gasteiger partial charge in [-0.25, -0.2) is 4.98 Å². The SMILES string of the molecule is Cc1ccc(C(O)c2ccc(C(F)(F)F)nc2Cl)nc1. The van der Waals surface area contributed by atoms with E-state index in [2.05, 4.69) is 9.97 Å². The molecule has 1 unspecified atom stereocenters. The first-order chi connectivity index (χ1) is 9.29. The second kappa shape index (κ2) is 5.38. The van der Waals surface area contributed by atoms with Gasteiger partial charge in [0, 0.05) is 11.8 Å². The van der Waals surface area contributed by atoms with Gasteiger partial charge in [0.15, 0.2) is 0 Å². The van der Waals surface area contributed by atoms with Crippen molar-refractivity contribution in [1.82, 2.24) is 9.97 Å². The second-order valence-corrected chi connectivity index (χ2v) is 4.60. The van der Waals surface area contributed by atoms with Crippen LogP contribution < -0.4 is 0 Å². The molecule has 0 saturated carbocycles. The van der Waals surface area contributed by atoms with Crippen LogP contribution in [0.1, 0.15) is 28.6 Å². The molecule has 2 aromatic rings. The van der Waals surface area contributed by atoms with Crippen molar-refractivity contribution in [1.29, 1.82) is 0 Å². The van der Waals surface area contributed by atoms with E-state index in [1.54, 1.807) is 18.3 Å². The first kappa shape index (κ1) is 14.7. The summed E-state index contributed by atoms with van der Waals surface area (Å²) in [6.07, 6.45) is -4.25. The number of aromatic nitrogens is 2. The van der Waals surface area contributed by atoms with Gasteiger partial charge in [-0.2, -0.15) is 13.2 Å². The Morgan fingerprint density at radius 3 is 2.40 bits per heavy atom. The fourth-order valence-corrected chi connectivity index (χ4v) is 1.86. The van der Waals surface area contributed by atoms with Gasteiger partial charge in [0.1, 0.15) is 17.0 Å². The fraction of sp³-hybridized carbons (Fsp3) is 0.231. The highest BCUT2D eigenvalue weighted by Crippen LogP contribution is 2.32. The van der Waals surface area contributed by atoms with Gasteiger partial charge in [-0.05, 0) is 24.6 Å². The van der Waals surface area contributed by atoms with Gasteiger partial charge in [0.2, 0.25) is 0 Å². The number of hydrogen-bond acceptors (Lipinski definition) is 3. The number of halogens is 4. The molecule has 0 bridgehead atoms. The van der Waals surface area contributed by atoms with E-state index in [4.69, 9.17) is 11.6 Å². The highest BCUT2D eigenvalue weighted by atomic mass is 35.5. The monoisotopic (exact) mass is 302 g/mol. The maximum atomic E-state index is 12.5. The van der Waals surface area contributed by atoms with Gasteiger partial charge < -0.3 is 5.11 Å². The maximum absolute atomic E-state index is 12.5. The summed E-state index contributed by atoms with van der Waals surface area (Å²) in [4.78, 5) is 7.27. The highest BCUT2D eigenvalue weighted by Gasteiger charge is 2.33. The molecule has 7 heteroatoms. The average molecular weight is 303 g/mol. The molecule has 0 radical (unpaired) electrons. The molecule has 20 heavy (non-hydrogen) atoms. The molecule has 1 atom stereocenters. The Bertz CT molecular complexity index is 614. The van der Waals surface area contributed by atoms with E-state index in [9.17, 15) is 18.3 Å². The van der Waals surface area contributed by atoms with Crippen LogP contribution in [0.4, 0.5) is 13.2 Å². The van der Waals surface area contributed by atoms with Gasteiger partial charge in [0.25, 0.3) is 0 Å².